The van der Waals surface area contributed by atoms with Gasteiger partial charge in [-0.05, 0) is 31.0 Å². The number of fused-ring (bicyclic) bond motifs is 1. The molecule has 0 unspecified atom stereocenters. The lowest BCUT2D eigenvalue weighted by Gasteiger charge is -2.23. The predicted molar refractivity (Wildman–Crippen MR) is 120 cm³/mol. The maximum absolute atomic E-state index is 11.7. The van der Waals surface area contributed by atoms with Crippen LogP contribution in [-0.4, -0.2) is 25.4 Å². The number of rotatable bonds is 6. The Balaban J connectivity index is 1.49. The number of nitrogens with zero attached hydrogens (tertiary/aromatic N) is 3. The van der Waals surface area contributed by atoms with Crippen LogP contribution >= 0.6 is 0 Å². The maximum atomic E-state index is 11.7. The number of hydrogen-bond donors (Lipinski definition) is 3. The molecule has 5 N–H and O–H groups in total. The van der Waals surface area contributed by atoms with E-state index in [2.05, 4.69) is 4.98 Å². The molecule has 0 bridgehead atoms. The lowest BCUT2D eigenvalue weighted by Crippen LogP contribution is -2.15. The zero-order valence-corrected chi connectivity index (χ0v) is 17.4. The van der Waals surface area contributed by atoms with Gasteiger partial charge in [-0.1, -0.05) is 30.7 Å². The topological polar surface area (TPSA) is 129 Å². The molecule has 0 radical (unpaired) electrons. The van der Waals surface area contributed by atoms with Crippen LogP contribution in [0.15, 0.2) is 54.9 Å². The van der Waals surface area contributed by atoms with E-state index in [-0.39, 0.29) is 17.9 Å². The summed E-state index contributed by atoms with van der Waals surface area (Å²) < 4.78 is 7.97. The summed E-state index contributed by atoms with van der Waals surface area (Å²) in [6.45, 7) is 0.0804. The number of carbonyl (C=O) groups is 1. The molecule has 8 nitrogen and oxygen atoms in total. The number of hydrogen-bond acceptors (Lipinski definition) is 6. The Kier molecular flexibility index (Phi) is 4.89. The van der Waals surface area contributed by atoms with Crippen molar-refractivity contribution in [3.05, 3.63) is 71.8 Å². The van der Waals surface area contributed by atoms with Crippen molar-refractivity contribution in [1.29, 1.82) is 0 Å². The van der Waals surface area contributed by atoms with Crippen molar-refractivity contribution in [2.24, 2.45) is 5.73 Å². The Labute approximate surface area is 184 Å². The summed E-state index contributed by atoms with van der Waals surface area (Å²) >= 11 is 0. The number of ether oxygens (including phenoxy) is 1. The lowest BCUT2D eigenvalue weighted by atomic mass is 9.85. The van der Waals surface area contributed by atoms with E-state index in [9.17, 15) is 9.90 Å². The lowest BCUT2D eigenvalue weighted by molar-refractivity contribution is 0.0995. The number of nitrogens with two attached hydrogens (primary N) is 2. The second-order valence-corrected chi connectivity index (χ2v) is 7.97. The van der Waals surface area contributed by atoms with Gasteiger partial charge in [0.1, 0.15) is 41.0 Å². The molecule has 1 aliphatic rings. The minimum absolute atomic E-state index is 0.0627. The summed E-state index contributed by atoms with van der Waals surface area (Å²) in [7, 11) is 0. The number of imidazole rings is 1. The van der Waals surface area contributed by atoms with Gasteiger partial charge < -0.3 is 21.3 Å². The number of aromatic nitrogens is 3. The Bertz CT molecular complexity index is 1330. The molecular formula is C24H23N5O3. The van der Waals surface area contributed by atoms with Crippen LogP contribution in [-0.2, 0) is 6.61 Å². The van der Waals surface area contributed by atoms with Gasteiger partial charge in [-0.15, -0.1) is 0 Å². The zero-order valence-electron chi connectivity index (χ0n) is 17.4. The van der Waals surface area contributed by atoms with Crippen LogP contribution in [0.5, 0.6) is 11.5 Å². The quantitative estimate of drug-likeness (QED) is 0.429. The largest absolute Gasteiger partial charge is 0.507 e. The Morgan fingerprint density at radius 3 is 2.78 bits per heavy atom. The molecule has 5 rings (SSSR count). The summed E-state index contributed by atoms with van der Waals surface area (Å²) in [5.41, 5.74) is 14.6. The number of nitrogen functional groups attached to an aromatic ring is 1. The smallest absolute Gasteiger partial charge is 0.252 e. The zero-order chi connectivity index (χ0) is 22.2. The van der Waals surface area contributed by atoms with Crippen LogP contribution in [0, 0.1) is 0 Å². The van der Waals surface area contributed by atoms with Crippen molar-refractivity contribution in [2.45, 2.75) is 31.8 Å². The van der Waals surface area contributed by atoms with E-state index < -0.39 is 5.91 Å². The summed E-state index contributed by atoms with van der Waals surface area (Å²) in [5.74, 6) is 1.59. The van der Waals surface area contributed by atoms with E-state index in [1.807, 2.05) is 34.9 Å². The standard InChI is InChI=1S/C24H23N5O3/c25-22-21-20(28-24(14-4-1-5-14)29(21)11-10-27-22)15-6-2-8-17(12-15)32-13-16-7-3-9-18(30)19(16)23(26)31/h2-3,6-12,14,30H,1,4-5,13H2,(H2,25,27)(H2,26,31). The van der Waals surface area contributed by atoms with Crippen LogP contribution in [0.1, 0.15) is 46.9 Å². The molecule has 1 fully saturated rings. The minimum Gasteiger partial charge on any atom is -0.507 e. The van der Waals surface area contributed by atoms with Gasteiger partial charge in [-0.3, -0.25) is 9.20 Å². The highest BCUT2D eigenvalue weighted by atomic mass is 16.5. The van der Waals surface area contributed by atoms with Gasteiger partial charge in [0, 0.05) is 29.4 Å². The number of aromatic hydroxyl groups is 1. The first-order chi connectivity index (χ1) is 15.5. The summed E-state index contributed by atoms with van der Waals surface area (Å²) in [6, 6.07) is 12.3. The molecule has 8 heteroatoms. The molecule has 4 aromatic rings. The van der Waals surface area contributed by atoms with Gasteiger partial charge in [-0.25, -0.2) is 9.97 Å². The number of primary amides is 1. The molecule has 1 saturated carbocycles. The maximum Gasteiger partial charge on any atom is 0.252 e. The summed E-state index contributed by atoms with van der Waals surface area (Å²) in [4.78, 5) is 20.9. The molecule has 2 aromatic heterocycles. The third kappa shape index (κ3) is 3.39. The first-order valence-corrected chi connectivity index (χ1v) is 10.5. The molecule has 0 aliphatic heterocycles. The second kappa shape index (κ2) is 7.88. The average molecular weight is 429 g/mol. The second-order valence-electron chi connectivity index (χ2n) is 7.97. The Morgan fingerprint density at radius 1 is 1.22 bits per heavy atom. The number of anilines is 1. The van der Waals surface area contributed by atoms with Crippen LogP contribution < -0.4 is 16.2 Å². The number of benzene rings is 2. The van der Waals surface area contributed by atoms with Gasteiger partial charge in [0.25, 0.3) is 5.91 Å². The molecule has 1 aliphatic carbocycles. The molecule has 0 spiro atoms. The first kappa shape index (κ1) is 19.9. The molecule has 32 heavy (non-hydrogen) atoms. The van der Waals surface area contributed by atoms with Crippen LogP contribution in [0.25, 0.3) is 16.8 Å². The number of phenols is 1. The van der Waals surface area contributed by atoms with E-state index in [0.29, 0.717) is 23.0 Å². The molecule has 2 aromatic carbocycles. The van der Waals surface area contributed by atoms with Gasteiger partial charge in [0.2, 0.25) is 0 Å². The van der Waals surface area contributed by atoms with E-state index in [0.717, 1.165) is 35.4 Å². The van der Waals surface area contributed by atoms with E-state index in [1.165, 1.54) is 12.5 Å². The van der Waals surface area contributed by atoms with E-state index in [4.69, 9.17) is 21.2 Å². The van der Waals surface area contributed by atoms with Crippen molar-refractivity contribution >= 4 is 17.2 Å². The fourth-order valence-electron chi connectivity index (χ4n) is 4.13. The monoisotopic (exact) mass is 429 g/mol. The Morgan fingerprint density at radius 2 is 2.03 bits per heavy atom. The van der Waals surface area contributed by atoms with Gasteiger partial charge in [-0.2, -0.15) is 0 Å². The van der Waals surface area contributed by atoms with Crippen molar-refractivity contribution in [2.75, 3.05) is 5.73 Å². The molecule has 0 saturated heterocycles. The van der Waals surface area contributed by atoms with Crippen LogP contribution in [0.3, 0.4) is 0 Å². The predicted octanol–water partition coefficient (Wildman–Crippen LogP) is 3.63. The van der Waals surface area contributed by atoms with Crippen molar-refractivity contribution in [3.8, 4) is 22.8 Å². The minimum atomic E-state index is -0.702. The molecule has 162 valence electrons. The average Bonchev–Trinajstić information content (AvgIpc) is 3.11. The van der Waals surface area contributed by atoms with Gasteiger partial charge in [0.15, 0.2) is 0 Å². The fourth-order valence-corrected chi connectivity index (χ4v) is 4.13. The van der Waals surface area contributed by atoms with Crippen molar-refractivity contribution in [3.63, 3.8) is 0 Å². The highest BCUT2D eigenvalue weighted by molar-refractivity contribution is 5.97. The number of amides is 1. The van der Waals surface area contributed by atoms with Crippen molar-refractivity contribution < 1.29 is 14.6 Å². The van der Waals surface area contributed by atoms with Crippen LogP contribution in [0.4, 0.5) is 5.82 Å². The molecule has 1 amide bonds. The third-order valence-electron chi connectivity index (χ3n) is 5.96. The van der Waals surface area contributed by atoms with Crippen LogP contribution in [0.2, 0.25) is 0 Å². The first-order valence-electron chi connectivity index (χ1n) is 10.5. The normalized spacial score (nSPS) is 13.8. The van der Waals surface area contributed by atoms with E-state index >= 15 is 0 Å². The third-order valence-corrected chi connectivity index (χ3v) is 5.96. The Hall–Kier alpha value is -4.07. The molecule has 2 heterocycles. The summed E-state index contributed by atoms with van der Waals surface area (Å²) in [5, 5.41) is 9.97. The van der Waals surface area contributed by atoms with Crippen molar-refractivity contribution in [1.82, 2.24) is 14.4 Å². The molecule has 0 atom stereocenters. The SMILES string of the molecule is NC(=O)c1c(O)cccc1COc1cccc(-c2nc(C3CCC3)n3ccnc(N)c23)c1. The number of carbonyl (C=O) groups excluding carboxylic acids is 1. The summed E-state index contributed by atoms with van der Waals surface area (Å²) in [6.07, 6.45) is 7.05. The van der Waals surface area contributed by atoms with E-state index in [1.54, 1.807) is 18.3 Å². The highest BCUT2D eigenvalue weighted by Crippen LogP contribution is 2.39. The molecular weight excluding hydrogens is 406 g/mol. The fraction of sp³-hybridized carbons (Fsp3) is 0.208. The van der Waals surface area contributed by atoms with Gasteiger partial charge in [0.05, 0.1) is 5.56 Å². The van der Waals surface area contributed by atoms with Gasteiger partial charge >= 0.3 is 0 Å². The highest BCUT2D eigenvalue weighted by Gasteiger charge is 2.27.